The Morgan fingerprint density at radius 3 is 2.65 bits per heavy atom. The summed E-state index contributed by atoms with van der Waals surface area (Å²) >= 11 is 7.71. The Balaban J connectivity index is 1.31. The zero-order valence-electron chi connectivity index (χ0n) is 22.0. The molecule has 0 amide bonds. The first-order chi connectivity index (χ1) is 19.0. The van der Waals surface area contributed by atoms with Crippen LogP contribution in [0.5, 0.6) is 5.75 Å². The van der Waals surface area contributed by atoms with E-state index in [1.165, 1.54) is 31.1 Å². The fraction of sp³-hybridized carbons (Fsp3) is 0.448. The van der Waals surface area contributed by atoms with Gasteiger partial charge in [-0.3, -0.25) is 9.78 Å². The maximum atomic E-state index is 15.6. The highest BCUT2D eigenvalue weighted by molar-refractivity contribution is 7.99. The Morgan fingerprint density at radius 1 is 1.23 bits per heavy atom. The summed E-state index contributed by atoms with van der Waals surface area (Å²) in [5.74, 6) is 0.274. The first-order valence-electron chi connectivity index (χ1n) is 13.0. The van der Waals surface area contributed by atoms with Gasteiger partial charge in [-0.25, -0.2) is 4.39 Å². The maximum absolute atomic E-state index is 15.6. The number of carbonyl (C=O) groups is 1. The van der Waals surface area contributed by atoms with Crippen molar-refractivity contribution >= 4 is 40.2 Å². The lowest BCUT2D eigenvalue weighted by atomic mass is 9.74. The third kappa shape index (κ3) is 7.19. The fourth-order valence-corrected chi connectivity index (χ4v) is 6.34. The number of rotatable bonds is 11. The minimum atomic E-state index is -4.37. The van der Waals surface area contributed by atoms with Gasteiger partial charge in [-0.15, -0.1) is 11.8 Å². The predicted molar refractivity (Wildman–Crippen MR) is 149 cm³/mol. The number of nitrogens with zero attached hydrogens (tertiary/aromatic N) is 2. The van der Waals surface area contributed by atoms with Crippen molar-refractivity contribution in [1.82, 2.24) is 9.88 Å². The second-order valence-electron chi connectivity index (χ2n) is 10.1. The summed E-state index contributed by atoms with van der Waals surface area (Å²) < 4.78 is 59.7. The number of thioether (sulfide) groups is 1. The average molecular weight is 599 g/mol. The van der Waals surface area contributed by atoms with E-state index in [1.807, 2.05) is 0 Å². The predicted octanol–water partition coefficient (Wildman–Crippen LogP) is 8.06. The van der Waals surface area contributed by atoms with E-state index in [0.717, 1.165) is 18.6 Å². The molecule has 11 heteroatoms. The van der Waals surface area contributed by atoms with Crippen molar-refractivity contribution in [2.24, 2.45) is 5.41 Å². The van der Waals surface area contributed by atoms with E-state index in [2.05, 4.69) is 9.88 Å². The van der Waals surface area contributed by atoms with Crippen LogP contribution < -0.4 is 4.74 Å². The lowest BCUT2D eigenvalue weighted by Gasteiger charge is -2.39. The third-order valence-electron chi connectivity index (χ3n) is 7.57. The number of hydrogen-bond donors (Lipinski definition) is 1. The molecule has 1 aliphatic heterocycles. The first kappa shape index (κ1) is 30.4. The summed E-state index contributed by atoms with van der Waals surface area (Å²) in [7, 11) is 1.52. The number of hydrogen-bond acceptors (Lipinski definition) is 5. The summed E-state index contributed by atoms with van der Waals surface area (Å²) in [4.78, 5) is 19.3. The Morgan fingerprint density at radius 2 is 1.98 bits per heavy atom. The SMILES string of the molecule is COc1ccc2ncc(Cl)c([C@H](F)CCC3(C(=O)O)CCN(CCCSc4cccc(C(F)(F)F)c4)CC3)c2c1. The smallest absolute Gasteiger partial charge is 0.416 e. The molecular weight excluding hydrogens is 568 g/mol. The zero-order chi connectivity index (χ0) is 28.9. The number of alkyl halides is 4. The molecule has 0 unspecified atom stereocenters. The number of ether oxygens (including phenoxy) is 1. The van der Waals surface area contributed by atoms with Gasteiger partial charge in [-0.1, -0.05) is 17.7 Å². The van der Waals surface area contributed by atoms with E-state index in [1.54, 1.807) is 24.3 Å². The van der Waals surface area contributed by atoms with Crippen molar-refractivity contribution in [3.63, 3.8) is 0 Å². The van der Waals surface area contributed by atoms with Crippen LogP contribution in [0.1, 0.15) is 49.4 Å². The standard InChI is InChI=1S/C29H31ClF4N2O3S/c1-39-20-6-7-25-22(17-20)26(23(30)18-35-25)24(31)8-9-28(27(37)38)10-13-36(14-11-28)12-3-15-40-21-5-2-4-19(16-21)29(32,33)34/h2,4-7,16-18,24H,3,8-15H2,1H3,(H,37,38)/t24-/m1/s1. The molecule has 5 nitrogen and oxygen atoms in total. The molecule has 1 aromatic heterocycles. The minimum absolute atomic E-state index is 0.00989. The molecule has 0 spiro atoms. The van der Waals surface area contributed by atoms with Crippen LogP contribution in [0.25, 0.3) is 10.9 Å². The average Bonchev–Trinajstić information content (AvgIpc) is 2.94. The number of piperidine rings is 1. The van der Waals surface area contributed by atoms with Crippen LogP contribution in [0.2, 0.25) is 5.02 Å². The van der Waals surface area contributed by atoms with E-state index >= 15 is 4.39 Å². The number of aliphatic carboxylic acids is 1. The molecule has 216 valence electrons. The highest BCUT2D eigenvalue weighted by Crippen LogP contribution is 2.42. The van der Waals surface area contributed by atoms with Crippen LogP contribution in [0.3, 0.4) is 0 Å². The van der Waals surface area contributed by atoms with E-state index in [0.29, 0.717) is 65.3 Å². The van der Waals surface area contributed by atoms with Gasteiger partial charge in [0.25, 0.3) is 0 Å². The zero-order valence-corrected chi connectivity index (χ0v) is 23.6. The number of halogens is 5. The number of carboxylic acid groups (broad SMARTS) is 1. The van der Waals surface area contributed by atoms with Crippen LogP contribution in [0.15, 0.2) is 53.6 Å². The van der Waals surface area contributed by atoms with E-state index in [9.17, 15) is 23.1 Å². The summed E-state index contributed by atoms with van der Waals surface area (Å²) in [5.41, 5.74) is -0.814. The molecule has 0 radical (unpaired) electrons. The molecule has 2 heterocycles. The van der Waals surface area contributed by atoms with E-state index < -0.39 is 29.3 Å². The van der Waals surface area contributed by atoms with Crippen LogP contribution in [-0.4, -0.2) is 53.5 Å². The molecule has 0 bridgehead atoms. The molecular formula is C29H31ClF4N2O3S. The number of methoxy groups -OCH3 is 1. The maximum Gasteiger partial charge on any atom is 0.416 e. The topological polar surface area (TPSA) is 62.7 Å². The monoisotopic (exact) mass is 598 g/mol. The van der Waals surface area contributed by atoms with Gasteiger partial charge in [0.2, 0.25) is 0 Å². The van der Waals surface area contributed by atoms with E-state index in [4.69, 9.17) is 16.3 Å². The second kappa shape index (κ2) is 13.0. The number of likely N-dealkylation sites (tertiary alicyclic amines) is 1. The van der Waals surface area contributed by atoms with Gasteiger partial charge in [0, 0.05) is 22.0 Å². The van der Waals surface area contributed by atoms with Gasteiger partial charge >= 0.3 is 12.1 Å². The normalized spacial score (nSPS) is 16.6. The number of aromatic nitrogens is 1. The lowest BCUT2D eigenvalue weighted by Crippen LogP contribution is -2.44. The van der Waals surface area contributed by atoms with E-state index in [-0.39, 0.29) is 17.9 Å². The van der Waals surface area contributed by atoms with Crippen LogP contribution in [0, 0.1) is 5.41 Å². The molecule has 1 fully saturated rings. The van der Waals surface area contributed by atoms with Crippen molar-refractivity contribution in [2.45, 2.75) is 49.3 Å². The number of benzene rings is 2. The molecule has 1 N–H and O–H groups in total. The Bertz CT molecular complexity index is 1330. The van der Waals surface area contributed by atoms with Crippen molar-refractivity contribution in [3.8, 4) is 5.75 Å². The van der Waals surface area contributed by atoms with Gasteiger partial charge in [0.1, 0.15) is 11.9 Å². The van der Waals surface area contributed by atoms with Gasteiger partial charge in [0.05, 0.1) is 28.6 Å². The first-order valence-corrected chi connectivity index (χ1v) is 14.4. The van der Waals surface area contributed by atoms with Crippen LogP contribution in [-0.2, 0) is 11.0 Å². The molecule has 4 rings (SSSR count). The summed E-state index contributed by atoms with van der Waals surface area (Å²) in [6, 6.07) is 10.4. The Kier molecular flexibility index (Phi) is 9.85. The number of pyridine rings is 1. The number of carboxylic acids is 1. The molecule has 0 aliphatic carbocycles. The van der Waals surface area contributed by atoms with Crippen molar-refractivity contribution in [1.29, 1.82) is 0 Å². The number of fused-ring (bicyclic) bond motifs is 1. The molecule has 1 saturated heterocycles. The van der Waals surface area contributed by atoms with Gasteiger partial charge in [-0.05, 0) is 93.9 Å². The lowest BCUT2D eigenvalue weighted by molar-refractivity contribution is -0.153. The molecule has 3 aromatic rings. The van der Waals surface area contributed by atoms with Crippen molar-refractivity contribution < 1.29 is 32.2 Å². The fourth-order valence-electron chi connectivity index (χ4n) is 5.18. The molecule has 1 atom stereocenters. The van der Waals surface area contributed by atoms with Gasteiger partial charge < -0.3 is 14.7 Å². The Hall–Kier alpha value is -2.56. The minimum Gasteiger partial charge on any atom is -0.497 e. The molecule has 1 aliphatic rings. The quantitative estimate of drug-likeness (QED) is 0.137. The molecule has 40 heavy (non-hydrogen) atoms. The van der Waals surface area contributed by atoms with Crippen molar-refractivity contribution in [2.75, 3.05) is 32.5 Å². The Labute approximate surface area is 239 Å². The largest absolute Gasteiger partial charge is 0.497 e. The van der Waals surface area contributed by atoms with Gasteiger partial charge in [-0.2, -0.15) is 13.2 Å². The third-order valence-corrected chi connectivity index (χ3v) is 8.95. The van der Waals surface area contributed by atoms with Crippen LogP contribution in [0.4, 0.5) is 17.6 Å². The summed E-state index contributed by atoms with van der Waals surface area (Å²) in [6.07, 6.45) is -2.69. The second-order valence-corrected chi connectivity index (χ2v) is 11.6. The molecule has 2 aromatic carbocycles. The summed E-state index contributed by atoms with van der Waals surface area (Å²) in [6.45, 7) is 1.84. The molecule has 0 saturated carbocycles. The highest BCUT2D eigenvalue weighted by Gasteiger charge is 2.41. The van der Waals surface area contributed by atoms with Gasteiger partial charge in [0.15, 0.2) is 0 Å². The van der Waals surface area contributed by atoms with Crippen molar-refractivity contribution in [3.05, 3.63) is 64.8 Å². The highest BCUT2D eigenvalue weighted by atomic mass is 35.5. The summed E-state index contributed by atoms with van der Waals surface area (Å²) in [5, 5.41) is 10.8. The van der Waals surface area contributed by atoms with Crippen LogP contribution >= 0.6 is 23.4 Å².